The Morgan fingerprint density at radius 1 is 1.19 bits per heavy atom. The van der Waals surface area contributed by atoms with Gasteiger partial charge in [0.2, 0.25) is 5.91 Å². The molecule has 0 aliphatic rings. The van der Waals surface area contributed by atoms with Crippen LogP contribution in [0.4, 0.5) is 0 Å². The molecule has 0 fully saturated rings. The number of benzene rings is 2. The minimum Gasteiger partial charge on any atom is -0.332 e. The largest absolute Gasteiger partial charge is 0.332 e. The van der Waals surface area contributed by atoms with Gasteiger partial charge in [-0.3, -0.25) is 9.59 Å². The SMILES string of the molecule is CC(C)N(Cc1nc2ccccc2c(=O)[nH]1)C(=O)CSc1ccccc1Cl. The number of H-pyrrole nitrogens is 1. The lowest BCUT2D eigenvalue weighted by Gasteiger charge is -2.26. The van der Waals surface area contributed by atoms with Gasteiger partial charge in [-0.1, -0.05) is 35.9 Å². The van der Waals surface area contributed by atoms with Crippen LogP contribution in [0.1, 0.15) is 19.7 Å². The predicted octanol–water partition coefficient (Wildman–Crippen LogP) is 4.11. The van der Waals surface area contributed by atoms with E-state index >= 15 is 0 Å². The van der Waals surface area contributed by atoms with Crippen LogP contribution in [0.15, 0.2) is 58.2 Å². The summed E-state index contributed by atoms with van der Waals surface area (Å²) in [5, 5.41) is 1.17. The van der Waals surface area contributed by atoms with Crippen LogP contribution in [-0.2, 0) is 11.3 Å². The molecule has 27 heavy (non-hydrogen) atoms. The lowest BCUT2D eigenvalue weighted by Crippen LogP contribution is -2.38. The topological polar surface area (TPSA) is 66.1 Å². The Bertz CT molecular complexity index is 1020. The number of aromatic nitrogens is 2. The van der Waals surface area contributed by atoms with Crippen molar-refractivity contribution in [3.63, 3.8) is 0 Å². The van der Waals surface area contributed by atoms with Gasteiger partial charge in [0.25, 0.3) is 5.56 Å². The zero-order valence-electron chi connectivity index (χ0n) is 15.1. The summed E-state index contributed by atoms with van der Waals surface area (Å²) in [6.07, 6.45) is 0. The highest BCUT2D eigenvalue weighted by Crippen LogP contribution is 2.27. The van der Waals surface area contributed by atoms with E-state index < -0.39 is 0 Å². The Hall–Kier alpha value is -2.31. The van der Waals surface area contributed by atoms with Crippen molar-refractivity contribution in [2.75, 3.05) is 5.75 Å². The molecule has 0 aliphatic heterocycles. The molecule has 0 aliphatic carbocycles. The summed E-state index contributed by atoms with van der Waals surface area (Å²) in [6, 6.07) is 14.6. The van der Waals surface area contributed by atoms with Gasteiger partial charge in [-0.05, 0) is 38.1 Å². The first kappa shape index (κ1) is 19.5. The number of para-hydroxylation sites is 1. The van der Waals surface area contributed by atoms with Gasteiger partial charge in [0, 0.05) is 10.9 Å². The summed E-state index contributed by atoms with van der Waals surface area (Å²) in [6.45, 7) is 4.13. The molecular weight excluding hydrogens is 382 g/mol. The fraction of sp³-hybridized carbons (Fsp3) is 0.250. The standard InChI is InChI=1S/C20H20ClN3O2S/c1-13(2)24(19(25)12-27-17-10-6-4-8-15(17)21)11-18-22-16-9-5-3-7-14(16)20(26)23-18/h3-10,13H,11-12H2,1-2H3,(H,22,23,26). The fourth-order valence-corrected chi connectivity index (χ4v) is 3.84. The molecule has 1 heterocycles. The third-order valence-corrected chi connectivity index (χ3v) is 5.61. The Kier molecular flexibility index (Phi) is 6.19. The lowest BCUT2D eigenvalue weighted by atomic mass is 10.2. The van der Waals surface area contributed by atoms with Crippen LogP contribution < -0.4 is 5.56 Å². The highest BCUT2D eigenvalue weighted by atomic mass is 35.5. The summed E-state index contributed by atoms with van der Waals surface area (Å²) in [5.74, 6) is 0.703. The van der Waals surface area contributed by atoms with Gasteiger partial charge in [-0.15, -0.1) is 11.8 Å². The quantitative estimate of drug-likeness (QED) is 0.631. The van der Waals surface area contributed by atoms with Crippen molar-refractivity contribution in [2.24, 2.45) is 0 Å². The molecule has 1 amide bonds. The van der Waals surface area contributed by atoms with Crippen LogP contribution in [0.5, 0.6) is 0 Å². The molecule has 0 spiro atoms. The van der Waals surface area contributed by atoms with Crippen molar-refractivity contribution in [2.45, 2.75) is 31.3 Å². The zero-order chi connectivity index (χ0) is 19.4. The maximum absolute atomic E-state index is 12.8. The number of nitrogens with one attached hydrogen (secondary N) is 1. The third kappa shape index (κ3) is 4.70. The summed E-state index contributed by atoms with van der Waals surface area (Å²) in [5.41, 5.74) is 0.426. The molecule has 3 aromatic rings. The molecule has 140 valence electrons. The second kappa shape index (κ2) is 8.59. The van der Waals surface area contributed by atoms with Gasteiger partial charge in [0.05, 0.1) is 28.2 Å². The number of rotatable bonds is 6. The summed E-state index contributed by atoms with van der Waals surface area (Å²) < 4.78 is 0. The first-order chi connectivity index (χ1) is 13.0. The van der Waals surface area contributed by atoms with Crippen LogP contribution in [-0.4, -0.2) is 32.6 Å². The highest BCUT2D eigenvalue weighted by molar-refractivity contribution is 8.00. The van der Waals surface area contributed by atoms with Crippen LogP contribution in [0.3, 0.4) is 0 Å². The Balaban J connectivity index is 1.76. The number of thioether (sulfide) groups is 1. The first-order valence-electron chi connectivity index (χ1n) is 8.60. The number of hydrogen-bond acceptors (Lipinski definition) is 4. The minimum atomic E-state index is -0.197. The van der Waals surface area contributed by atoms with Gasteiger partial charge in [-0.2, -0.15) is 0 Å². The van der Waals surface area contributed by atoms with Crippen molar-refractivity contribution in [3.05, 3.63) is 69.7 Å². The average molecular weight is 402 g/mol. The van der Waals surface area contributed by atoms with E-state index in [2.05, 4.69) is 9.97 Å². The Labute approximate surface area is 166 Å². The van der Waals surface area contributed by atoms with E-state index in [1.807, 2.05) is 38.1 Å². The van der Waals surface area contributed by atoms with E-state index in [-0.39, 0.29) is 29.8 Å². The summed E-state index contributed by atoms with van der Waals surface area (Å²) in [7, 11) is 0. The van der Waals surface area contributed by atoms with E-state index in [9.17, 15) is 9.59 Å². The molecule has 5 nitrogen and oxygen atoms in total. The van der Waals surface area contributed by atoms with Crippen LogP contribution >= 0.6 is 23.4 Å². The molecule has 0 radical (unpaired) electrons. The number of aromatic amines is 1. The summed E-state index contributed by atoms with van der Waals surface area (Å²) in [4.78, 5) is 34.9. The average Bonchev–Trinajstić information content (AvgIpc) is 2.65. The second-order valence-corrected chi connectivity index (χ2v) is 7.79. The maximum Gasteiger partial charge on any atom is 0.258 e. The minimum absolute atomic E-state index is 0.0267. The smallest absolute Gasteiger partial charge is 0.258 e. The van der Waals surface area contributed by atoms with E-state index in [1.165, 1.54) is 11.8 Å². The number of fused-ring (bicyclic) bond motifs is 1. The zero-order valence-corrected chi connectivity index (χ0v) is 16.7. The van der Waals surface area contributed by atoms with Crippen molar-refractivity contribution in [3.8, 4) is 0 Å². The van der Waals surface area contributed by atoms with Crippen molar-refractivity contribution < 1.29 is 4.79 Å². The molecule has 0 saturated heterocycles. The molecule has 0 bridgehead atoms. The predicted molar refractivity (Wildman–Crippen MR) is 110 cm³/mol. The maximum atomic E-state index is 12.8. The number of carbonyl (C=O) groups is 1. The molecule has 0 unspecified atom stereocenters. The van der Waals surface area contributed by atoms with E-state index in [1.54, 1.807) is 29.2 Å². The van der Waals surface area contributed by atoms with Gasteiger partial charge in [-0.25, -0.2) is 4.98 Å². The van der Waals surface area contributed by atoms with Crippen LogP contribution in [0.25, 0.3) is 10.9 Å². The number of carbonyl (C=O) groups excluding carboxylic acids is 1. The van der Waals surface area contributed by atoms with Crippen LogP contribution in [0.2, 0.25) is 5.02 Å². The molecular formula is C20H20ClN3O2S. The van der Waals surface area contributed by atoms with Gasteiger partial charge in [0.1, 0.15) is 5.82 Å². The van der Waals surface area contributed by atoms with Crippen molar-refractivity contribution in [1.82, 2.24) is 14.9 Å². The van der Waals surface area contributed by atoms with E-state index in [0.29, 0.717) is 21.7 Å². The van der Waals surface area contributed by atoms with Crippen molar-refractivity contribution in [1.29, 1.82) is 0 Å². The molecule has 3 rings (SSSR count). The molecule has 2 aromatic carbocycles. The Morgan fingerprint density at radius 2 is 1.89 bits per heavy atom. The number of nitrogens with zero attached hydrogens (tertiary/aromatic N) is 2. The highest BCUT2D eigenvalue weighted by Gasteiger charge is 2.19. The molecule has 0 atom stereocenters. The van der Waals surface area contributed by atoms with Crippen molar-refractivity contribution >= 4 is 40.2 Å². The first-order valence-corrected chi connectivity index (χ1v) is 9.97. The Morgan fingerprint density at radius 3 is 2.63 bits per heavy atom. The normalized spacial score (nSPS) is 11.1. The summed E-state index contributed by atoms with van der Waals surface area (Å²) >= 11 is 7.56. The van der Waals surface area contributed by atoms with Gasteiger partial charge < -0.3 is 9.88 Å². The van der Waals surface area contributed by atoms with E-state index in [0.717, 1.165) is 4.90 Å². The molecule has 1 aromatic heterocycles. The molecule has 1 N–H and O–H groups in total. The number of halogens is 1. The van der Waals surface area contributed by atoms with E-state index in [4.69, 9.17) is 11.6 Å². The molecule has 7 heteroatoms. The fourth-order valence-electron chi connectivity index (χ4n) is 2.71. The van der Waals surface area contributed by atoms with Gasteiger partial charge >= 0.3 is 0 Å². The number of amides is 1. The monoisotopic (exact) mass is 401 g/mol. The lowest BCUT2D eigenvalue weighted by molar-refractivity contribution is -0.130. The third-order valence-electron chi connectivity index (χ3n) is 4.11. The molecule has 0 saturated carbocycles. The van der Waals surface area contributed by atoms with Crippen LogP contribution in [0, 0.1) is 0 Å². The number of hydrogen-bond donors (Lipinski definition) is 1. The van der Waals surface area contributed by atoms with Gasteiger partial charge in [0.15, 0.2) is 0 Å². The second-order valence-electron chi connectivity index (χ2n) is 6.36.